The fourth-order valence-electron chi connectivity index (χ4n) is 1.84. The molecule has 1 aliphatic rings. The monoisotopic (exact) mass is 211 g/mol. The number of rotatable bonds is 4. The van der Waals surface area contributed by atoms with E-state index in [0.717, 1.165) is 13.0 Å². The van der Waals surface area contributed by atoms with Crippen LogP contribution in [0.25, 0.3) is 0 Å². The van der Waals surface area contributed by atoms with E-state index in [1.165, 1.54) is 29.3 Å². The highest BCUT2D eigenvalue weighted by Crippen LogP contribution is 2.17. The molecule has 2 N–H and O–H groups in total. The topological polar surface area (TPSA) is 37.0 Å². The van der Waals surface area contributed by atoms with E-state index in [1.54, 1.807) is 0 Å². The standard InChI is InChI=1S/C10H17N3S/c1-11-6-9-7-13-10(14-9)5-8-3-2-4-12-8/h7-8,11-12H,2-6H2,1H3. The predicted octanol–water partition coefficient (Wildman–Crippen LogP) is 1.16. The lowest BCUT2D eigenvalue weighted by atomic mass is 10.2. The first-order valence-corrected chi connectivity index (χ1v) is 6.01. The molecule has 14 heavy (non-hydrogen) atoms. The molecule has 0 bridgehead atoms. The molecular weight excluding hydrogens is 194 g/mol. The van der Waals surface area contributed by atoms with E-state index in [4.69, 9.17) is 0 Å². The zero-order valence-electron chi connectivity index (χ0n) is 8.55. The van der Waals surface area contributed by atoms with Gasteiger partial charge in [0.15, 0.2) is 0 Å². The Bertz CT molecular complexity index is 279. The molecule has 0 aromatic carbocycles. The lowest BCUT2D eigenvalue weighted by molar-refractivity contribution is 0.601. The number of hydrogen-bond acceptors (Lipinski definition) is 4. The molecule has 1 atom stereocenters. The smallest absolute Gasteiger partial charge is 0.0943 e. The highest BCUT2D eigenvalue weighted by molar-refractivity contribution is 7.11. The van der Waals surface area contributed by atoms with Gasteiger partial charge in [-0.2, -0.15) is 0 Å². The van der Waals surface area contributed by atoms with Crippen molar-refractivity contribution in [3.63, 3.8) is 0 Å². The van der Waals surface area contributed by atoms with Gasteiger partial charge < -0.3 is 10.6 Å². The third kappa shape index (κ3) is 2.53. The number of thiazole rings is 1. The maximum atomic E-state index is 4.44. The van der Waals surface area contributed by atoms with Crippen molar-refractivity contribution in [3.05, 3.63) is 16.1 Å². The van der Waals surface area contributed by atoms with Gasteiger partial charge in [-0.15, -0.1) is 11.3 Å². The summed E-state index contributed by atoms with van der Waals surface area (Å²) >= 11 is 1.83. The van der Waals surface area contributed by atoms with Crippen molar-refractivity contribution in [2.45, 2.75) is 31.8 Å². The van der Waals surface area contributed by atoms with Gasteiger partial charge >= 0.3 is 0 Å². The van der Waals surface area contributed by atoms with E-state index < -0.39 is 0 Å². The normalized spacial score (nSPS) is 21.6. The third-order valence-electron chi connectivity index (χ3n) is 2.54. The van der Waals surface area contributed by atoms with Crippen LogP contribution in [0.3, 0.4) is 0 Å². The van der Waals surface area contributed by atoms with Crippen molar-refractivity contribution in [1.29, 1.82) is 0 Å². The summed E-state index contributed by atoms with van der Waals surface area (Å²) in [7, 11) is 1.97. The molecule has 4 heteroatoms. The summed E-state index contributed by atoms with van der Waals surface area (Å²) in [5.74, 6) is 0. The quantitative estimate of drug-likeness (QED) is 0.784. The second kappa shape index (κ2) is 4.87. The molecule has 0 spiro atoms. The van der Waals surface area contributed by atoms with Gasteiger partial charge in [0.05, 0.1) is 5.01 Å². The summed E-state index contributed by atoms with van der Waals surface area (Å²) in [4.78, 5) is 5.77. The Labute approximate surface area is 88.9 Å². The van der Waals surface area contributed by atoms with E-state index in [1.807, 2.05) is 24.6 Å². The number of nitrogens with zero attached hydrogens (tertiary/aromatic N) is 1. The first-order chi connectivity index (χ1) is 6.88. The molecular formula is C10H17N3S. The van der Waals surface area contributed by atoms with Crippen molar-refractivity contribution < 1.29 is 0 Å². The summed E-state index contributed by atoms with van der Waals surface area (Å²) in [6, 6.07) is 0.670. The fourth-order valence-corrected chi connectivity index (χ4v) is 2.85. The zero-order valence-corrected chi connectivity index (χ0v) is 9.36. The van der Waals surface area contributed by atoms with Crippen molar-refractivity contribution >= 4 is 11.3 Å². The van der Waals surface area contributed by atoms with Crippen molar-refractivity contribution in [2.24, 2.45) is 0 Å². The van der Waals surface area contributed by atoms with Crippen LogP contribution in [-0.2, 0) is 13.0 Å². The lowest BCUT2D eigenvalue weighted by Crippen LogP contribution is -2.23. The molecule has 0 aliphatic carbocycles. The molecule has 2 rings (SSSR count). The summed E-state index contributed by atoms with van der Waals surface area (Å²) in [5.41, 5.74) is 0. The van der Waals surface area contributed by atoms with Crippen LogP contribution >= 0.6 is 11.3 Å². The molecule has 0 amide bonds. The minimum atomic E-state index is 0.670. The second-order valence-electron chi connectivity index (χ2n) is 3.75. The molecule has 2 heterocycles. The predicted molar refractivity (Wildman–Crippen MR) is 59.6 cm³/mol. The average Bonchev–Trinajstić information content (AvgIpc) is 2.79. The summed E-state index contributed by atoms with van der Waals surface area (Å²) < 4.78 is 0. The molecule has 1 aromatic heterocycles. The Hall–Kier alpha value is -0.450. The van der Waals surface area contributed by atoms with Gasteiger partial charge in [-0.05, 0) is 26.4 Å². The largest absolute Gasteiger partial charge is 0.315 e. The Morgan fingerprint density at radius 3 is 3.36 bits per heavy atom. The first kappa shape index (κ1) is 10.1. The number of hydrogen-bond donors (Lipinski definition) is 2. The van der Waals surface area contributed by atoms with Crippen molar-refractivity contribution in [1.82, 2.24) is 15.6 Å². The van der Waals surface area contributed by atoms with Crippen LogP contribution in [0.15, 0.2) is 6.20 Å². The first-order valence-electron chi connectivity index (χ1n) is 5.20. The minimum Gasteiger partial charge on any atom is -0.315 e. The molecule has 1 fully saturated rings. The fraction of sp³-hybridized carbons (Fsp3) is 0.700. The summed E-state index contributed by atoms with van der Waals surface area (Å²) in [6.45, 7) is 2.12. The highest BCUT2D eigenvalue weighted by Gasteiger charge is 2.15. The summed E-state index contributed by atoms with van der Waals surface area (Å²) in [5, 5.41) is 7.92. The minimum absolute atomic E-state index is 0.670. The lowest BCUT2D eigenvalue weighted by Gasteiger charge is -2.06. The van der Waals surface area contributed by atoms with Gasteiger partial charge in [0, 0.05) is 30.1 Å². The molecule has 78 valence electrons. The SMILES string of the molecule is CNCc1cnc(CC2CCCN2)s1. The third-order valence-corrected chi connectivity index (χ3v) is 3.56. The van der Waals surface area contributed by atoms with Crippen LogP contribution in [0.5, 0.6) is 0 Å². The number of nitrogens with one attached hydrogen (secondary N) is 2. The Morgan fingerprint density at radius 1 is 1.71 bits per heavy atom. The van der Waals surface area contributed by atoms with Crippen molar-refractivity contribution in [2.75, 3.05) is 13.6 Å². The van der Waals surface area contributed by atoms with Crippen LogP contribution < -0.4 is 10.6 Å². The second-order valence-corrected chi connectivity index (χ2v) is 4.95. The van der Waals surface area contributed by atoms with Gasteiger partial charge in [0.1, 0.15) is 0 Å². The molecule has 1 saturated heterocycles. The van der Waals surface area contributed by atoms with E-state index >= 15 is 0 Å². The van der Waals surface area contributed by atoms with E-state index in [0.29, 0.717) is 6.04 Å². The van der Waals surface area contributed by atoms with Crippen LogP contribution in [0, 0.1) is 0 Å². The maximum absolute atomic E-state index is 4.44. The summed E-state index contributed by atoms with van der Waals surface area (Å²) in [6.07, 6.45) is 5.72. The molecule has 1 aliphatic heterocycles. The molecule has 1 aromatic rings. The maximum Gasteiger partial charge on any atom is 0.0943 e. The molecule has 3 nitrogen and oxygen atoms in total. The molecule has 0 radical (unpaired) electrons. The van der Waals surface area contributed by atoms with E-state index in [9.17, 15) is 0 Å². The highest BCUT2D eigenvalue weighted by atomic mass is 32.1. The Morgan fingerprint density at radius 2 is 2.64 bits per heavy atom. The van der Waals surface area contributed by atoms with E-state index in [-0.39, 0.29) is 0 Å². The van der Waals surface area contributed by atoms with Crippen LogP contribution in [0.1, 0.15) is 22.7 Å². The molecule has 1 unspecified atom stereocenters. The Balaban J connectivity index is 1.88. The van der Waals surface area contributed by atoms with Crippen LogP contribution in [-0.4, -0.2) is 24.6 Å². The molecule has 0 saturated carbocycles. The van der Waals surface area contributed by atoms with Gasteiger partial charge in [-0.3, -0.25) is 0 Å². The average molecular weight is 211 g/mol. The van der Waals surface area contributed by atoms with Gasteiger partial charge in [0.2, 0.25) is 0 Å². The van der Waals surface area contributed by atoms with Crippen LogP contribution in [0.2, 0.25) is 0 Å². The zero-order chi connectivity index (χ0) is 9.80. The van der Waals surface area contributed by atoms with Crippen molar-refractivity contribution in [3.8, 4) is 0 Å². The number of aromatic nitrogens is 1. The van der Waals surface area contributed by atoms with Gasteiger partial charge in [0.25, 0.3) is 0 Å². The van der Waals surface area contributed by atoms with E-state index in [2.05, 4.69) is 15.6 Å². The van der Waals surface area contributed by atoms with Gasteiger partial charge in [-0.1, -0.05) is 0 Å². The Kier molecular flexibility index (Phi) is 3.50. The van der Waals surface area contributed by atoms with Gasteiger partial charge in [-0.25, -0.2) is 4.98 Å². The van der Waals surface area contributed by atoms with Crippen LogP contribution in [0.4, 0.5) is 0 Å².